The van der Waals surface area contributed by atoms with Crippen LogP contribution in [-0.4, -0.2) is 31.2 Å². The van der Waals surface area contributed by atoms with Crippen molar-refractivity contribution in [2.24, 2.45) is 0 Å². The van der Waals surface area contributed by atoms with E-state index >= 15 is 0 Å². The molecular weight excluding hydrogens is 361 g/mol. The van der Waals surface area contributed by atoms with Gasteiger partial charge in [0, 0.05) is 11.9 Å². The number of halogens is 3. The molecule has 7 nitrogen and oxygen atoms in total. The van der Waals surface area contributed by atoms with Crippen molar-refractivity contribution < 1.29 is 26.4 Å². The lowest BCUT2D eigenvalue weighted by atomic mass is 10.2. The van der Waals surface area contributed by atoms with Crippen LogP contribution in [0.15, 0.2) is 35.4 Å². The van der Waals surface area contributed by atoms with E-state index in [1.165, 1.54) is 25.2 Å². The van der Waals surface area contributed by atoms with Crippen molar-refractivity contribution in [1.82, 2.24) is 14.5 Å². The molecule has 2 rings (SSSR count). The molecule has 1 aromatic carbocycles. The molecule has 0 fully saturated rings. The Morgan fingerprint density at radius 1 is 1.28 bits per heavy atom. The van der Waals surface area contributed by atoms with Gasteiger partial charge in [-0.15, -0.1) is 0 Å². The van der Waals surface area contributed by atoms with Gasteiger partial charge in [-0.25, -0.2) is 13.1 Å². The quantitative estimate of drug-likeness (QED) is 0.832. The largest absolute Gasteiger partial charge is 0.435 e. The van der Waals surface area contributed by atoms with E-state index in [9.17, 15) is 26.4 Å². The molecular formula is C14H15F3N4O3S. The maximum Gasteiger partial charge on any atom is 0.435 e. The van der Waals surface area contributed by atoms with Crippen LogP contribution >= 0.6 is 0 Å². The van der Waals surface area contributed by atoms with Crippen LogP contribution in [0.2, 0.25) is 0 Å². The van der Waals surface area contributed by atoms with E-state index in [-0.39, 0.29) is 10.6 Å². The number of alkyl halides is 3. The van der Waals surface area contributed by atoms with Gasteiger partial charge in [0.25, 0.3) is 0 Å². The Kier molecular flexibility index (Phi) is 5.18. The Labute approximate surface area is 141 Å². The second-order valence-electron chi connectivity index (χ2n) is 5.13. The highest BCUT2D eigenvalue weighted by Gasteiger charge is 2.33. The molecule has 0 aliphatic rings. The third-order valence-corrected chi connectivity index (χ3v) is 4.82. The number of carbonyl (C=O) groups is 1. The van der Waals surface area contributed by atoms with Gasteiger partial charge in [0.2, 0.25) is 15.9 Å². The van der Waals surface area contributed by atoms with Gasteiger partial charge in [-0.3, -0.25) is 9.48 Å². The Bertz CT molecular complexity index is 891. The van der Waals surface area contributed by atoms with Gasteiger partial charge in [-0.05, 0) is 37.7 Å². The maximum absolute atomic E-state index is 12.5. The molecule has 0 saturated carbocycles. The lowest BCUT2D eigenvalue weighted by molar-refractivity contribution is -0.141. The monoisotopic (exact) mass is 376 g/mol. The Balaban J connectivity index is 2.13. The number of rotatable bonds is 5. The number of anilines is 1. The van der Waals surface area contributed by atoms with Gasteiger partial charge in [-0.2, -0.15) is 18.3 Å². The minimum absolute atomic E-state index is 0.00810. The first kappa shape index (κ1) is 18.9. The summed E-state index contributed by atoms with van der Waals surface area (Å²) in [6.45, 7) is 1.15. The van der Waals surface area contributed by atoms with Crippen LogP contribution in [0.25, 0.3) is 0 Å². The molecule has 2 N–H and O–H groups in total. The van der Waals surface area contributed by atoms with Crippen LogP contribution in [0.4, 0.5) is 18.9 Å². The highest BCUT2D eigenvalue weighted by molar-refractivity contribution is 7.89. The Hall–Kier alpha value is -2.40. The summed E-state index contributed by atoms with van der Waals surface area (Å²) in [5.74, 6) is -0.645. The molecule has 0 saturated heterocycles. The molecule has 25 heavy (non-hydrogen) atoms. The second kappa shape index (κ2) is 6.84. The summed E-state index contributed by atoms with van der Waals surface area (Å²) >= 11 is 0. The van der Waals surface area contributed by atoms with E-state index in [0.29, 0.717) is 5.56 Å². The molecule has 136 valence electrons. The molecule has 0 unspecified atom stereocenters. The average Bonchev–Trinajstić information content (AvgIpc) is 2.97. The van der Waals surface area contributed by atoms with Crippen LogP contribution < -0.4 is 10.0 Å². The van der Waals surface area contributed by atoms with E-state index in [2.05, 4.69) is 15.1 Å². The molecule has 0 bridgehead atoms. The third-order valence-electron chi connectivity index (χ3n) is 3.27. The number of carbonyl (C=O) groups excluding carboxylic acids is 1. The number of benzene rings is 1. The molecule has 11 heteroatoms. The number of aryl methyl sites for hydroxylation is 1. The molecule has 2 aromatic rings. The van der Waals surface area contributed by atoms with Crippen LogP contribution in [-0.2, 0) is 27.5 Å². The summed E-state index contributed by atoms with van der Waals surface area (Å²) in [6, 6.07) is 5.03. The van der Waals surface area contributed by atoms with Crippen molar-refractivity contribution in [2.45, 2.75) is 24.5 Å². The Morgan fingerprint density at radius 2 is 1.96 bits per heavy atom. The predicted octanol–water partition coefficient (Wildman–Crippen LogP) is 1.76. The van der Waals surface area contributed by atoms with Crippen molar-refractivity contribution in [3.05, 3.63) is 41.7 Å². The fourth-order valence-corrected chi connectivity index (χ4v) is 3.02. The SMILES string of the molecule is CNS(=O)(=O)c1cc(NC(=O)Cn2ccc(C(F)(F)F)n2)ccc1C. The minimum Gasteiger partial charge on any atom is -0.324 e. The molecule has 1 heterocycles. The number of hydrogen-bond acceptors (Lipinski definition) is 4. The molecule has 0 aliphatic heterocycles. The summed E-state index contributed by atoms with van der Waals surface area (Å²) in [4.78, 5) is 11.9. The summed E-state index contributed by atoms with van der Waals surface area (Å²) in [5, 5.41) is 5.70. The van der Waals surface area contributed by atoms with Gasteiger partial charge in [0.05, 0.1) is 4.90 Å². The number of sulfonamides is 1. The van der Waals surface area contributed by atoms with Crippen LogP contribution in [0, 0.1) is 6.92 Å². The molecule has 1 amide bonds. The van der Waals surface area contributed by atoms with Gasteiger partial charge >= 0.3 is 6.18 Å². The maximum atomic E-state index is 12.5. The fraction of sp³-hybridized carbons (Fsp3) is 0.286. The first-order valence-electron chi connectivity index (χ1n) is 6.97. The lowest BCUT2D eigenvalue weighted by Crippen LogP contribution is -2.22. The molecule has 1 aromatic heterocycles. The topological polar surface area (TPSA) is 93.1 Å². The molecule has 0 atom stereocenters. The first-order chi connectivity index (χ1) is 11.5. The van der Waals surface area contributed by atoms with Gasteiger partial charge in [0.15, 0.2) is 5.69 Å². The normalized spacial score (nSPS) is 12.2. The van der Waals surface area contributed by atoms with Gasteiger partial charge in [0.1, 0.15) is 6.54 Å². The van der Waals surface area contributed by atoms with Crippen molar-refractivity contribution in [2.75, 3.05) is 12.4 Å². The molecule has 0 aliphatic carbocycles. The second-order valence-corrected chi connectivity index (χ2v) is 6.99. The van der Waals surface area contributed by atoms with Crippen LogP contribution in [0.5, 0.6) is 0 Å². The zero-order valence-electron chi connectivity index (χ0n) is 13.3. The predicted molar refractivity (Wildman–Crippen MR) is 83.3 cm³/mol. The van der Waals surface area contributed by atoms with E-state index in [1.54, 1.807) is 6.92 Å². The summed E-state index contributed by atoms with van der Waals surface area (Å²) in [6.07, 6.45) is -3.55. The van der Waals surface area contributed by atoms with Crippen LogP contribution in [0.1, 0.15) is 11.3 Å². The van der Waals surface area contributed by atoms with Crippen molar-refractivity contribution in [3.8, 4) is 0 Å². The number of amides is 1. The van der Waals surface area contributed by atoms with E-state index in [0.717, 1.165) is 16.9 Å². The van der Waals surface area contributed by atoms with Crippen molar-refractivity contribution in [1.29, 1.82) is 0 Å². The number of hydrogen-bond donors (Lipinski definition) is 2. The van der Waals surface area contributed by atoms with E-state index in [1.807, 2.05) is 0 Å². The number of aromatic nitrogens is 2. The number of nitrogens with one attached hydrogen (secondary N) is 2. The van der Waals surface area contributed by atoms with Crippen LogP contribution in [0.3, 0.4) is 0 Å². The van der Waals surface area contributed by atoms with Crippen molar-refractivity contribution in [3.63, 3.8) is 0 Å². The van der Waals surface area contributed by atoms with Crippen molar-refractivity contribution >= 4 is 21.6 Å². The standard InChI is InChI=1S/C14H15F3N4O3S/c1-9-3-4-10(7-11(9)25(23,24)18-2)19-13(22)8-21-6-5-12(20-21)14(15,16)17/h3-7,18H,8H2,1-2H3,(H,19,22). The highest BCUT2D eigenvalue weighted by atomic mass is 32.2. The first-order valence-corrected chi connectivity index (χ1v) is 8.46. The minimum atomic E-state index is -4.59. The third kappa shape index (κ3) is 4.57. The zero-order valence-corrected chi connectivity index (χ0v) is 14.1. The van der Waals surface area contributed by atoms with Gasteiger partial charge < -0.3 is 5.32 Å². The fourth-order valence-electron chi connectivity index (χ4n) is 2.03. The zero-order chi connectivity index (χ0) is 18.8. The summed E-state index contributed by atoms with van der Waals surface area (Å²) in [7, 11) is -2.44. The smallest absolute Gasteiger partial charge is 0.324 e. The average molecular weight is 376 g/mol. The molecule has 0 spiro atoms. The van der Waals surface area contributed by atoms with E-state index < -0.39 is 34.3 Å². The summed E-state index contributed by atoms with van der Waals surface area (Å²) < 4.78 is 64.2. The molecule has 0 radical (unpaired) electrons. The highest BCUT2D eigenvalue weighted by Crippen LogP contribution is 2.27. The summed E-state index contributed by atoms with van der Waals surface area (Å²) in [5.41, 5.74) is -0.417. The Morgan fingerprint density at radius 3 is 2.52 bits per heavy atom. The lowest BCUT2D eigenvalue weighted by Gasteiger charge is -2.10. The van der Waals surface area contributed by atoms with Gasteiger partial charge in [-0.1, -0.05) is 6.07 Å². The number of nitrogens with zero attached hydrogens (tertiary/aromatic N) is 2. The van der Waals surface area contributed by atoms with E-state index in [4.69, 9.17) is 0 Å².